The molecule has 0 bridgehead atoms. The number of nitrogens with one attached hydrogen (secondary N) is 1. The highest BCUT2D eigenvalue weighted by Crippen LogP contribution is 2.21. The van der Waals surface area contributed by atoms with Crippen LogP contribution in [0, 0.1) is 9.49 Å². The summed E-state index contributed by atoms with van der Waals surface area (Å²) in [6.45, 7) is 2.75. The van der Waals surface area contributed by atoms with Crippen LogP contribution >= 0.6 is 22.6 Å². The van der Waals surface area contributed by atoms with Crippen molar-refractivity contribution in [3.8, 4) is 0 Å². The standard InChI is InChI=1S/C18H19IN2O/c19-16-6-8-17(9-7-16)20-18(22)15-10-11-21(13-15)12-14-4-2-1-3-5-14/h1-9,15H,10-13H2,(H,20,22). The van der Waals surface area contributed by atoms with E-state index in [1.54, 1.807) is 0 Å². The zero-order valence-electron chi connectivity index (χ0n) is 12.3. The molecular weight excluding hydrogens is 387 g/mol. The lowest BCUT2D eigenvalue weighted by molar-refractivity contribution is -0.119. The lowest BCUT2D eigenvalue weighted by atomic mass is 10.1. The van der Waals surface area contributed by atoms with Crippen LogP contribution in [0.2, 0.25) is 0 Å². The molecular formula is C18H19IN2O. The Balaban J connectivity index is 1.53. The average molecular weight is 406 g/mol. The molecule has 1 atom stereocenters. The van der Waals surface area contributed by atoms with Crippen molar-refractivity contribution >= 4 is 34.2 Å². The monoisotopic (exact) mass is 406 g/mol. The molecule has 22 heavy (non-hydrogen) atoms. The van der Waals surface area contributed by atoms with Gasteiger partial charge in [-0.2, -0.15) is 0 Å². The van der Waals surface area contributed by atoms with Crippen molar-refractivity contribution in [1.82, 2.24) is 4.90 Å². The van der Waals surface area contributed by atoms with E-state index < -0.39 is 0 Å². The largest absolute Gasteiger partial charge is 0.326 e. The van der Waals surface area contributed by atoms with Crippen molar-refractivity contribution < 1.29 is 4.79 Å². The van der Waals surface area contributed by atoms with Gasteiger partial charge in [-0.05, 0) is 65.4 Å². The highest BCUT2D eigenvalue weighted by atomic mass is 127. The van der Waals surface area contributed by atoms with Gasteiger partial charge in [-0.3, -0.25) is 9.69 Å². The maximum absolute atomic E-state index is 12.4. The van der Waals surface area contributed by atoms with E-state index in [2.05, 4.69) is 57.1 Å². The highest BCUT2D eigenvalue weighted by molar-refractivity contribution is 14.1. The van der Waals surface area contributed by atoms with Crippen molar-refractivity contribution in [1.29, 1.82) is 0 Å². The Kier molecular flexibility index (Phi) is 5.10. The summed E-state index contributed by atoms with van der Waals surface area (Å²) in [4.78, 5) is 14.7. The van der Waals surface area contributed by atoms with Gasteiger partial charge in [0.1, 0.15) is 0 Å². The first-order valence-corrected chi connectivity index (χ1v) is 8.61. The molecule has 1 heterocycles. The molecule has 0 aromatic heterocycles. The normalized spacial score (nSPS) is 18.3. The first kappa shape index (κ1) is 15.5. The number of halogens is 1. The Bertz CT molecular complexity index is 627. The van der Waals surface area contributed by atoms with Crippen LogP contribution < -0.4 is 5.32 Å². The topological polar surface area (TPSA) is 32.3 Å². The molecule has 1 N–H and O–H groups in total. The number of carbonyl (C=O) groups excluding carboxylic acids is 1. The molecule has 3 nitrogen and oxygen atoms in total. The Hall–Kier alpha value is -1.40. The molecule has 2 aromatic rings. The first-order valence-electron chi connectivity index (χ1n) is 7.53. The molecule has 0 saturated carbocycles. The fraction of sp³-hybridized carbons (Fsp3) is 0.278. The minimum atomic E-state index is 0.0861. The summed E-state index contributed by atoms with van der Waals surface area (Å²) in [5.41, 5.74) is 2.19. The zero-order chi connectivity index (χ0) is 15.4. The molecule has 0 spiro atoms. The summed E-state index contributed by atoms with van der Waals surface area (Å²) in [7, 11) is 0. The van der Waals surface area contributed by atoms with Crippen LogP contribution in [0.4, 0.5) is 5.69 Å². The molecule has 1 unspecified atom stereocenters. The van der Waals surface area contributed by atoms with Gasteiger partial charge in [-0.15, -0.1) is 0 Å². The minimum Gasteiger partial charge on any atom is -0.326 e. The van der Waals surface area contributed by atoms with Gasteiger partial charge in [0.15, 0.2) is 0 Å². The van der Waals surface area contributed by atoms with Gasteiger partial charge in [0.05, 0.1) is 5.92 Å². The number of amides is 1. The molecule has 114 valence electrons. The van der Waals surface area contributed by atoms with E-state index in [0.717, 1.165) is 31.7 Å². The molecule has 3 rings (SSSR count). The number of benzene rings is 2. The molecule has 1 aliphatic heterocycles. The van der Waals surface area contributed by atoms with E-state index in [4.69, 9.17) is 0 Å². The molecule has 1 saturated heterocycles. The van der Waals surface area contributed by atoms with E-state index in [1.807, 2.05) is 30.3 Å². The number of anilines is 1. The number of likely N-dealkylation sites (tertiary alicyclic amines) is 1. The van der Waals surface area contributed by atoms with Gasteiger partial charge >= 0.3 is 0 Å². The lowest BCUT2D eigenvalue weighted by Gasteiger charge is -2.16. The van der Waals surface area contributed by atoms with Crippen molar-refractivity contribution in [3.05, 3.63) is 63.7 Å². The fourth-order valence-corrected chi connectivity index (χ4v) is 3.17. The van der Waals surface area contributed by atoms with E-state index in [9.17, 15) is 4.79 Å². The van der Waals surface area contributed by atoms with Crippen LogP contribution in [0.5, 0.6) is 0 Å². The van der Waals surface area contributed by atoms with Crippen molar-refractivity contribution in [2.75, 3.05) is 18.4 Å². The molecule has 0 aliphatic carbocycles. The predicted molar refractivity (Wildman–Crippen MR) is 97.6 cm³/mol. The summed E-state index contributed by atoms with van der Waals surface area (Å²) < 4.78 is 1.17. The predicted octanol–water partition coefficient (Wildman–Crippen LogP) is 3.75. The quantitative estimate of drug-likeness (QED) is 0.785. The van der Waals surface area contributed by atoms with Crippen LogP contribution in [-0.4, -0.2) is 23.9 Å². The van der Waals surface area contributed by atoms with Gasteiger partial charge in [0.25, 0.3) is 0 Å². The Labute approximate surface area is 144 Å². The third-order valence-electron chi connectivity index (χ3n) is 4.00. The van der Waals surface area contributed by atoms with Gasteiger partial charge in [0, 0.05) is 22.3 Å². The van der Waals surface area contributed by atoms with E-state index in [-0.39, 0.29) is 11.8 Å². The molecule has 1 aliphatic rings. The Morgan fingerprint density at radius 2 is 1.86 bits per heavy atom. The smallest absolute Gasteiger partial charge is 0.228 e. The maximum atomic E-state index is 12.4. The number of carbonyl (C=O) groups is 1. The van der Waals surface area contributed by atoms with Crippen molar-refractivity contribution in [2.24, 2.45) is 5.92 Å². The fourth-order valence-electron chi connectivity index (χ4n) is 2.81. The number of rotatable bonds is 4. The van der Waals surface area contributed by atoms with Crippen LogP contribution in [0.1, 0.15) is 12.0 Å². The average Bonchev–Trinajstić information content (AvgIpc) is 2.99. The van der Waals surface area contributed by atoms with E-state index in [1.165, 1.54) is 9.13 Å². The summed E-state index contributed by atoms with van der Waals surface area (Å²) in [5.74, 6) is 0.222. The summed E-state index contributed by atoms with van der Waals surface area (Å²) in [6, 6.07) is 18.4. The molecule has 1 fully saturated rings. The maximum Gasteiger partial charge on any atom is 0.228 e. The van der Waals surface area contributed by atoms with Gasteiger partial charge in [-0.25, -0.2) is 0 Å². The number of hydrogen-bond acceptors (Lipinski definition) is 2. The van der Waals surface area contributed by atoms with Crippen LogP contribution in [0.3, 0.4) is 0 Å². The van der Waals surface area contributed by atoms with Crippen molar-refractivity contribution in [2.45, 2.75) is 13.0 Å². The minimum absolute atomic E-state index is 0.0861. The highest BCUT2D eigenvalue weighted by Gasteiger charge is 2.28. The second-order valence-corrected chi connectivity index (χ2v) is 6.95. The van der Waals surface area contributed by atoms with Gasteiger partial charge in [-0.1, -0.05) is 30.3 Å². The Morgan fingerprint density at radius 3 is 2.59 bits per heavy atom. The van der Waals surface area contributed by atoms with Crippen molar-refractivity contribution in [3.63, 3.8) is 0 Å². The molecule has 0 radical (unpaired) electrons. The lowest BCUT2D eigenvalue weighted by Crippen LogP contribution is -2.26. The number of nitrogens with zero attached hydrogens (tertiary/aromatic N) is 1. The van der Waals surface area contributed by atoms with E-state index in [0.29, 0.717) is 0 Å². The molecule has 4 heteroatoms. The van der Waals surface area contributed by atoms with E-state index >= 15 is 0 Å². The third kappa shape index (κ3) is 4.08. The van der Waals surface area contributed by atoms with Crippen LogP contribution in [0.25, 0.3) is 0 Å². The number of hydrogen-bond donors (Lipinski definition) is 1. The summed E-state index contributed by atoms with van der Waals surface area (Å²) in [6.07, 6.45) is 0.934. The van der Waals surface area contributed by atoms with Gasteiger partial charge in [0.2, 0.25) is 5.91 Å². The zero-order valence-corrected chi connectivity index (χ0v) is 14.5. The second kappa shape index (κ2) is 7.24. The second-order valence-electron chi connectivity index (χ2n) is 5.70. The Morgan fingerprint density at radius 1 is 1.14 bits per heavy atom. The third-order valence-corrected chi connectivity index (χ3v) is 4.72. The first-order chi connectivity index (χ1) is 10.7. The summed E-state index contributed by atoms with van der Waals surface area (Å²) in [5, 5.41) is 3.03. The van der Waals surface area contributed by atoms with Gasteiger partial charge < -0.3 is 5.32 Å². The van der Waals surface area contributed by atoms with Crippen LogP contribution in [0.15, 0.2) is 54.6 Å². The van der Waals surface area contributed by atoms with Crippen LogP contribution in [-0.2, 0) is 11.3 Å². The SMILES string of the molecule is O=C(Nc1ccc(I)cc1)C1CCN(Cc2ccccc2)C1. The molecule has 2 aromatic carbocycles. The molecule has 1 amide bonds. The summed E-state index contributed by atoms with van der Waals surface area (Å²) >= 11 is 2.26.